The standard InChI is InChI=1S/C15H25N3S/c1-11(15-17-9-10-19-15)18-14-6-3-2-5-12(14)13-7-4-8-16-13/h9-14,16,18H,2-8H2,1H3. The fourth-order valence-corrected chi connectivity index (χ4v) is 4.42. The first-order chi connectivity index (χ1) is 9.34. The summed E-state index contributed by atoms with van der Waals surface area (Å²) in [6.45, 7) is 3.47. The Morgan fingerprint density at radius 1 is 1.32 bits per heavy atom. The lowest BCUT2D eigenvalue weighted by Gasteiger charge is -2.37. The second kappa shape index (κ2) is 6.33. The van der Waals surface area contributed by atoms with Crippen LogP contribution in [0.3, 0.4) is 0 Å². The van der Waals surface area contributed by atoms with Crippen molar-refractivity contribution in [2.75, 3.05) is 6.54 Å². The van der Waals surface area contributed by atoms with Gasteiger partial charge in [0.05, 0.1) is 6.04 Å². The minimum Gasteiger partial charge on any atom is -0.314 e. The van der Waals surface area contributed by atoms with Gasteiger partial charge < -0.3 is 10.6 Å². The van der Waals surface area contributed by atoms with Crippen LogP contribution < -0.4 is 10.6 Å². The average molecular weight is 279 g/mol. The number of aromatic nitrogens is 1. The van der Waals surface area contributed by atoms with E-state index in [2.05, 4.69) is 27.9 Å². The molecule has 3 rings (SSSR count). The smallest absolute Gasteiger partial charge is 0.109 e. The van der Waals surface area contributed by atoms with E-state index in [0.717, 1.165) is 12.0 Å². The van der Waals surface area contributed by atoms with Gasteiger partial charge in [0, 0.05) is 23.7 Å². The van der Waals surface area contributed by atoms with E-state index in [1.54, 1.807) is 11.3 Å². The molecule has 2 fully saturated rings. The third kappa shape index (κ3) is 3.18. The van der Waals surface area contributed by atoms with Gasteiger partial charge in [0.25, 0.3) is 0 Å². The van der Waals surface area contributed by atoms with Crippen molar-refractivity contribution in [3.05, 3.63) is 16.6 Å². The maximum atomic E-state index is 4.44. The summed E-state index contributed by atoms with van der Waals surface area (Å²) in [5, 5.41) is 10.9. The van der Waals surface area contributed by atoms with Crippen molar-refractivity contribution in [3.8, 4) is 0 Å². The highest BCUT2D eigenvalue weighted by Gasteiger charge is 2.33. The highest BCUT2D eigenvalue weighted by atomic mass is 32.1. The molecule has 2 N–H and O–H groups in total. The first kappa shape index (κ1) is 13.5. The van der Waals surface area contributed by atoms with Crippen LogP contribution in [0.25, 0.3) is 0 Å². The lowest BCUT2D eigenvalue weighted by Crippen LogP contribution is -2.47. The predicted octanol–water partition coefficient (Wildman–Crippen LogP) is 3.10. The Labute approximate surface area is 120 Å². The Bertz CT molecular complexity index is 373. The molecule has 4 atom stereocenters. The summed E-state index contributed by atoms with van der Waals surface area (Å²) in [6, 6.07) is 1.82. The van der Waals surface area contributed by atoms with Gasteiger partial charge in [-0.05, 0) is 45.1 Å². The van der Waals surface area contributed by atoms with Gasteiger partial charge in [-0.3, -0.25) is 0 Å². The highest BCUT2D eigenvalue weighted by Crippen LogP contribution is 2.32. The molecule has 1 saturated carbocycles. The molecule has 2 heterocycles. The highest BCUT2D eigenvalue weighted by molar-refractivity contribution is 7.09. The Hall–Kier alpha value is -0.450. The van der Waals surface area contributed by atoms with E-state index in [0.29, 0.717) is 12.1 Å². The first-order valence-electron chi connectivity index (χ1n) is 7.73. The molecule has 2 aliphatic rings. The fourth-order valence-electron chi connectivity index (χ4n) is 3.77. The third-order valence-electron chi connectivity index (χ3n) is 4.72. The number of hydrogen-bond acceptors (Lipinski definition) is 4. The summed E-state index contributed by atoms with van der Waals surface area (Å²) in [5.74, 6) is 0.818. The molecule has 1 saturated heterocycles. The van der Waals surface area contributed by atoms with Crippen molar-refractivity contribution >= 4 is 11.3 Å². The average Bonchev–Trinajstić information content (AvgIpc) is 3.13. The van der Waals surface area contributed by atoms with Gasteiger partial charge in [-0.25, -0.2) is 4.98 Å². The van der Waals surface area contributed by atoms with Crippen LogP contribution >= 0.6 is 11.3 Å². The van der Waals surface area contributed by atoms with Gasteiger partial charge in [0.15, 0.2) is 0 Å². The van der Waals surface area contributed by atoms with E-state index in [-0.39, 0.29) is 0 Å². The van der Waals surface area contributed by atoms with Crippen LogP contribution in [-0.4, -0.2) is 23.6 Å². The van der Waals surface area contributed by atoms with E-state index < -0.39 is 0 Å². The second-order valence-corrected chi connectivity index (χ2v) is 6.94. The number of nitrogens with zero attached hydrogens (tertiary/aromatic N) is 1. The number of nitrogens with one attached hydrogen (secondary N) is 2. The molecule has 1 aromatic rings. The zero-order valence-electron chi connectivity index (χ0n) is 11.8. The van der Waals surface area contributed by atoms with Crippen LogP contribution in [0.4, 0.5) is 0 Å². The van der Waals surface area contributed by atoms with E-state index in [1.807, 2.05) is 6.20 Å². The van der Waals surface area contributed by atoms with Crippen LogP contribution in [0.5, 0.6) is 0 Å². The van der Waals surface area contributed by atoms with Crippen LogP contribution in [0.1, 0.15) is 56.5 Å². The van der Waals surface area contributed by atoms with E-state index in [1.165, 1.54) is 50.1 Å². The van der Waals surface area contributed by atoms with Gasteiger partial charge in [-0.2, -0.15) is 0 Å². The fraction of sp³-hybridized carbons (Fsp3) is 0.800. The molecule has 1 aromatic heterocycles. The molecule has 4 heteroatoms. The monoisotopic (exact) mass is 279 g/mol. The normalized spacial score (nSPS) is 33.4. The summed E-state index contributed by atoms with van der Waals surface area (Å²) in [6.07, 6.45) is 10.1. The molecule has 1 aliphatic heterocycles. The van der Waals surface area contributed by atoms with Gasteiger partial charge in [-0.1, -0.05) is 12.8 Å². The molecule has 0 spiro atoms. The topological polar surface area (TPSA) is 37.0 Å². The van der Waals surface area contributed by atoms with E-state index in [4.69, 9.17) is 0 Å². The van der Waals surface area contributed by atoms with Gasteiger partial charge in [0.1, 0.15) is 5.01 Å². The quantitative estimate of drug-likeness (QED) is 0.889. The molecule has 4 unspecified atom stereocenters. The van der Waals surface area contributed by atoms with Crippen molar-refractivity contribution in [2.24, 2.45) is 5.92 Å². The summed E-state index contributed by atoms with van der Waals surface area (Å²) >= 11 is 1.76. The summed E-state index contributed by atoms with van der Waals surface area (Å²) in [5.41, 5.74) is 0. The maximum absolute atomic E-state index is 4.44. The van der Waals surface area contributed by atoms with Crippen LogP contribution in [0.15, 0.2) is 11.6 Å². The zero-order chi connectivity index (χ0) is 13.1. The summed E-state index contributed by atoms with van der Waals surface area (Å²) in [4.78, 5) is 4.44. The Morgan fingerprint density at radius 2 is 2.21 bits per heavy atom. The predicted molar refractivity (Wildman–Crippen MR) is 80.4 cm³/mol. The number of hydrogen-bond donors (Lipinski definition) is 2. The Kier molecular flexibility index (Phi) is 4.51. The van der Waals surface area contributed by atoms with Crippen molar-refractivity contribution in [1.29, 1.82) is 0 Å². The number of rotatable bonds is 4. The molecule has 0 radical (unpaired) electrons. The first-order valence-corrected chi connectivity index (χ1v) is 8.61. The lowest BCUT2D eigenvalue weighted by atomic mass is 9.79. The Balaban J connectivity index is 1.63. The molecule has 3 nitrogen and oxygen atoms in total. The lowest BCUT2D eigenvalue weighted by molar-refractivity contribution is 0.203. The molecular weight excluding hydrogens is 254 g/mol. The van der Waals surface area contributed by atoms with Crippen molar-refractivity contribution < 1.29 is 0 Å². The largest absolute Gasteiger partial charge is 0.314 e. The summed E-state index contributed by atoms with van der Waals surface area (Å²) in [7, 11) is 0. The third-order valence-corrected chi connectivity index (χ3v) is 5.68. The van der Waals surface area contributed by atoms with E-state index in [9.17, 15) is 0 Å². The minimum absolute atomic E-state index is 0.395. The SMILES string of the molecule is CC(NC1CCCCC1C1CCCN1)c1nccs1. The summed E-state index contributed by atoms with van der Waals surface area (Å²) < 4.78 is 0. The van der Waals surface area contributed by atoms with Crippen molar-refractivity contribution in [2.45, 2.75) is 63.6 Å². The van der Waals surface area contributed by atoms with Gasteiger partial charge in [-0.15, -0.1) is 11.3 Å². The van der Waals surface area contributed by atoms with Crippen molar-refractivity contribution in [3.63, 3.8) is 0 Å². The van der Waals surface area contributed by atoms with E-state index >= 15 is 0 Å². The van der Waals surface area contributed by atoms with Gasteiger partial charge in [0.2, 0.25) is 0 Å². The van der Waals surface area contributed by atoms with Crippen LogP contribution in [-0.2, 0) is 0 Å². The van der Waals surface area contributed by atoms with Gasteiger partial charge >= 0.3 is 0 Å². The molecule has 0 aromatic carbocycles. The van der Waals surface area contributed by atoms with Crippen LogP contribution in [0.2, 0.25) is 0 Å². The van der Waals surface area contributed by atoms with Crippen LogP contribution in [0, 0.1) is 5.92 Å². The number of thiazole rings is 1. The zero-order valence-corrected chi connectivity index (χ0v) is 12.6. The molecule has 0 bridgehead atoms. The minimum atomic E-state index is 0.395. The molecule has 1 aliphatic carbocycles. The molecule has 0 amide bonds. The molecule has 106 valence electrons. The Morgan fingerprint density at radius 3 is 2.95 bits per heavy atom. The molecule has 19 heavy (non-hydrogen) atoms. The maximum Gasteiger partial charge on any atom is 0.109 e. The second-order valence-electron chi connectivity index (χ2n) is 6.02. The van der Waals surface area contributed by atoms with Crippen molar-refractivity contribution in [1.82, 2.24) is 15.6 Å². The molecular formula is C15H25N3S.